The van der Waals surface area contributed by atoms with E-state index in [1.54, 1.807) is 30.6 Å². The van der Waals surface area contributed by atoms with Crippen LogP contribution in [0.3, 0.4) is 0 Å². The molecular formula is C38H49N7O10PS3. The van der Waals surface area contributed by atoms with Crippen molar-refractivity contribution in [1.29, 1.82) is 5.41 Å². The monoisotopic (exact) mass is 890 g/mol. The summed E-state index contributed by atoms with van der Waals surface area (Å²) in [5.41, 5.74) is 12.7. The van der Waals surface area contributed by atoms with Crippen molar-refractivity contribution < 1.29 is 47.1 Å². The van der Waals surface area contributed by atoms with Gasteiger partial charge in [0.05, 0.1) is 24.9 Å². The highest BCUT2D eigenvalue weighted by Gasteiger charge is 2.59. The lowest BCUT2D eigenvalue weighted by Crippen LogP contribution is -2.47. The number of ether oxygens (including phenoxy) is 1. The molecule has 0 spiro atoms. The molecule has 5 rings (SSSR count). The Balaban J connectivity index is 1.19. The number of amidine groups is 1. The maximum absolute atomic E-state index is 14.4. The normalized spacial score (nSPS) is 21.6. The van der Waals surface area contributed by atoms with Gasteiger partial charge >= 0.3 is 31.5 Å². The number of benzene rings is 2. The Labute approximate surface area is 355 Å². The maximum atomic E-state index is 14.4. The van der Waals surface area contributed by atoms with Crippen molar-refractivity contribution in [3.63, 3.8) is 0 Å². The Kier molecular flexibility index (Phi) is 17.7. The summed E-state index contributed by atoms with van der Waals surface area (Å²) in [6.45, 7) is 0.614. The molecule has 0 aliphatic carbocycles. The summed E-state index contributed by atoms with van der Waals surface area (Å²) in [5.74, 6) is -0.699. The van der Waals surface area contributed by atoms with Gasteiger partial charge in [0.1, 0.15) is 17.6 Å². The molecule has 8 N–H and O–H groups in total. The third-order valence-corrected chi connectivity index (χ3v) is 15.4. The van der Waals surface area contributed by atoms with E-state index in [0.717, 1.165) is 18.6 Å². The van der Waals surface area contributed by atoms with Crippen LogP contribution in [0.25, 0.3) is 0 Å². The number of nitrogens with two attached hydrogens (primary N) is 1. The van der Waals surface area contributed by atoms with Gasteiger partial charge in [-0.15, -0.1) is 0 Å². The van der Waals surface area contributed by atoms with Crippen molar-refractivity contribution in [2.45, 2.75) is 73.6 Å². The molecule has 3 fully saturated rings. The fourth-order valence-corrected chi connectivity index (χ4v) is 11.6. The average molecular weight is 891 g/mol. The average Bonchev–Trinajstić information content (AvgIpc) is 3.78. The van der Waals surface area contributed by atoms with Crippen molar-refractivity contribution in [3.8, 4) is 5.75 Å². The number of carbonyl (C=O) groups excluding carboxylic acids is 6. The first kappa shape index (κ1) is 46.2. The minimum atomic E-state index is -5.02. The molecule has 0 bridgehead atoms. The first-order chi connectivity index (χ1) is 28.4. The smallest absolute Gasteiger partial charge is 0.425 e. The minimum absolute atomic E-state index is 0.0535. The van der Waals surface area contributed by atoms with Crippen molar-refractivity contribution in [2.75, 3.05) is 41.9 Å². The van der Waals surface area contributed by atoms with E-state index >= 15 is 0 Å². The zero-order valence-corrected chi connectivity index (χ0v) is 35.6. The standard InChI is InChI=1S/C38H49N7O10PS3/c39-35(45-42-18-17-41-28(36(50)53-27-6-2-1-3-7-27)8-4-9-30-34-29(24-59-30)43-37(51)44-34)25-10-12-26(13-11-25)38(40,31(47)14-21-57-20-5-19-46)56(52)54-32(48)15-22-58-23-16-33(49)55-56/h1-3,6-7,10-13,28-30,34,41-42H,4-5,8-9,14-18,20-24,40H2,(H2,39,45)(H2,43,44,51)/t28?,29-,30-,34-,38?/m0/s1. The summed E-state index contributed by atoms with van der Waals surface area (Å²) >= 11 is 4.41. The number of ketones is 1. The van der Waals surface area contributed by atoms with Gasteiger partial charge in [-0.2, -0.15) is 35.3 Å². The fraction of sp³-hybridized carbons (Fsp3) is 0.500. The predicted octanol–water partition coefficient (Wildman–Crippen LogP) is 3.12. The first-order valence-corrected chi connectivity index (χ1v) is 24.1. The second-order valence-electron chi connectivity index (χ2n) is 13.8. The number of hydrogen-bond acceptors (Lipinski definition) is 17. The maximum Gasteiger partial charge on any atom is 0.467 e. The molecule has 2 aromatic carbocycles. The number of thioether (sulfide) groups is 3. The van der Waals surface area contributed by atoms with Gasteiger partial charge in [0, 0.05) is 65.5 Å². The number of esters is 1. The summed E-state index contributed by atoms with van der Waals surface area (Å²) in [7, 11) is -5.02. The van der Waals surface area contributed by atoms with E-state index in [9.17, 15) is 33.3 Å². The van der Waals surface area contributed by atoms with Gasteiger partial charge in [-0.3, -0.25) is 24.6 Å². The minimum Gasteiger partial charge on any atom is -0.425 e. The van der Waals surface area contributed by atoms with Gasteiger partial charge in [-0.1, -0.05) is 48.9 Å². The molecule has 1 radical (unpaired) electrons. The fourth-order valence-electron chi connectivity index (χ4n) is 6.55. The third kappa shape index (κ3) is 12.8. The van der Waals surface area contributed by atoms with Crippen LogP contribution in [0.2, 0.25) is 0 Å². The molecule has 17 nitrogen and oxygen atoms in total. The summed E-state index contributed by atoms with van der Waals surface area (Å²) in [6.07, 6.45) is 3.44. The van der Waals surface area contributed by atoms with Crippen LogP contribution in [0.1, 0.15) is 56.1 Å². The molecule has 0 saturated carbocycles. The largest absolute Gasteiger partial charge is 0.467 e. The number of Topliss-reactive ketones (excluding diaryl/α,β-unsaturated/α-hetero) is 1. The Morgan fingerprint density at radius 1 is 1.03 bits per heavy atom. The van der Waals surface area contributed by atoms with Gasteiger partial charge < -0.3 is 40.9 Å². The molecule has 3 aliphatic heterocycles. The number of para-hydroxylation sites is 1. The van der Waals surface area contributed by atoms with Crippen LogP contribution >= 0.6 is 42.9 Å². The number of amides is 2. The van der Waals surface area contributed by atoms with E-state index in [-0.39, 0.29) is 72.7 Å². The van der Waals surface area contributed by atoms with Crippen molar-refractivity contribution in [3.05, 3.63) is 65.7 Å². The highest BCUT2D eigenvalue weighted by molar-refractivity contribution is 8.00. The topological polar surface area (TPSA) is 257 Å². The highest BCUT2D eigenvalue weighted by Crippen LogP contribution is 2.63. The van der Waals surface area contributed by atoms with Crippen molar-refractivity contribution >= 4 is 84.7 Å². The Morgan fingerprint density at radius 2 is 1.75 bits per heavy atom. The van der Waals surface area contributed by atoms with Crippen LogP contribution in [0.4, 0.5) is 4.79 Å². The third-order valence-electron chi connectivity index (χ3n) is 9.66. The number of urea groups is 1. The second-order valence-corrected chi connectivity index (χ2v) is 19.6. The second kappa shape index (κ2) is 22.6. The number of hydrazine groups is 1. The summed E-state index contributed by atoms with van der Waals surface area (Å²) in [5, 5.41) is 15.5. The van der Waals surface area contributed by atoms with Gasteiger partial charge in [-0.25, -0.2) is 19.6 Å². The lowest BCUT2D eigenvalue weighted by Gasteiger charge is -2.34. The Hall–Kier alpha value is -3.91. The van der Waals surface area contributed by atoms with E-state index < -0.39 is 42.6 Å². The molecule has 5 atom stereocenters. The molecule has 2 unspecified atom stereocenters. The van der Waals surface area contributed by atoms with Crippen LogP contribution in [0.15, 0.2) is 54.6 Å². The molecule has 319 valence electrons. The zero-order valence-electron chi connectivity index (χ0n) is 32.2. The predicted molar refractivity (Wildman–Crippen MR) is 227 cm³/mol. The molecule has 2 amide bonds. The van der Waals surface area contributed by atoms with E-state index in [1.807, 2.05) is 17.8 Å². The van der Waals surface area contributed by atoms with E-state index in [4.69, 9.17) is 24.9 Å². The first-order valence-electron chi connectivity index (χ1n) is 19.2. The summed E-state index contributed by atoms with van der Waals surface area (Å²) in [4.78, 5) is 75.0. The SMILES string of the molecule is N=C(NNCCNC(CCC[C@@H]1SC[C@@H]2NC(=O)N[C@@H]21)C(=O)Oc1ccccc1)c1ccc(C(N)(C(=O)CCSCC[C]=O)P2(=O)OC(=O)CCSCCC(=O)O2)cc1. The summed E-state index contributed by atoms with van der Waals surface area (Å²) in [6, 6.07) is 13.8. The van der Waals surface area contributed by atoms with Crippen LogP contribution in [-0.2, 0) is 42.9 Å². The number of hydrogen-bond donors (Lipinski definition) is 7. The highest BCUT2D eigenvalue weighted by atomic mass is 32.2. The molecule has 3 saturated heterocycles. The van der Waals surface area contributed by atoms with Gasteiger partial charge in [-0.05, 0) is 30.5 Å². The number of carbonyl (C=O) groups is 5. The van der Waals surface area contributed by atoms with Crippen molar-refractivity contribution in [1.82, 2.24) is 26.8 Å². The number of nitrogens with one attached hydrogen (secondary N) is 6. The molecule has 2 aromatic rings. The quantitative estimate of drug-likeness (QED) is 0.0139. The molecule has 59 heavy (non-hydrogen) atoms. The lowest BCUT2D eigenvalue weighted by molar-refractivity contribution is -0.139. The Bertz CT molecular complexity index is 1840. The van der Waals surface area contributed by atoms with Gasteiger partial charge in [0.2, 0.25) is 5.28 Å². The number of rotatable bonds is 21. The summed E-state index contributed by atoms with van der Waals surface area (Å²) < 4.78 is 30.7. The van der Waals surface area contributed by atoms with Crippen molar-refractivity contribution in [2.24, 2.45) is 5.73 Å². The lowest BCUT2D eigenvalue weighted by atomic mass is 9.99. The van der Waals surface area contributed by atoms with E-state index in [1.165, 1.54) is 47.8 Å². The molecule has 0 aromatic heterocycles. The van der Waals surface area contributed by atoms with E-state index in [2.05, 4.69) is 26.8 Å². The van der Waals surface area contributed by atoms with Gasteiger partial charge in [0.25, 0.3) is 0 Å². The van der Waals surface area contributed by atoms with Crippen LogP contribution in [0, 0.1) is 5.41 Å². The van der Waals surface area contributed by atoms with E-state index in [0.29, 0.717) is 41.5 Å². The van der Waals surface area contributed by atoms with Crippen LogP contribution < -0.4 is 37.3 Å². The zero-order chi connectivity index (χ0) is 42.3. The molecule has 21 heteroatoms. The molecule has 3 heterocycles. The number of fused-ring (bicyclic) bond motifs is 1. The van der Waals surface area contributed by atoms with Crippen LogP contribution in [-0.4, -0.2) is 107 Å². The van der Waals surface area contributed by atoms with Crippen LogP contribution in [0.5, 0.6) is 5.75 Å². The van der Waals surface area contributed by atoms with Gasteiger partial charge in [0.15, 0.2) is 12.1 Å². The molecular weight excluding hydrogens is 842 g/mol. The molecule has 3 aliphatic rings. The Morgan fingerprint density at radius 3 is 2.44 bits per heavy atom.